The molecule has 0 bridgehead atoms. The van der Waals surface area contributed by atoms with Crippen molar-refractivity contribution in [2.75, 3.05) is 12.3 Å². The number of hydrogen-bond donors (Lipinski definition) is 3. The molecule has 3 rings (SSSR count). The molecule has 0 spiro atoms. The lowest BCUT2D eigenvalue weighted by Crippen LogP contribution is -2.59. The highest BCUT2D eigenvalue weighted by molar-refractivity contribution is 7.52. The van der Waals surface area contributed by atoms with Crippen molar-refractivity contribution in [3.63, 3.8) is 0 Å². The number of benzene rings is 1. The Morgan fingerprint density at radius 2 is 1.82 bits per heavy atom. The highest BCUT2D eigenvalue weighted by atomic mass is 31.2. The molecule has 0 amide bonds. The number of carbonyl (C=O) groups is 2. The second kappa shape index (κ2) is 13.1. The van der Waals surface area contributed by atoms with E-state index in [-0.39, 0.29) is 11.6 Å². The quantitative estimate of drug-likeness (QED) is 0.225. The van der Waals surface area contributed by atoms with Gasteiger partial charge in [0.05, 0.1) is 18.6 Å². The van der Waals surface area contributed by atoms with E-state index >= 15 is 0 Å². The number of esters is 2. The monoisotopic (exact) mass is 635 g/mol. The molecule has 1 aliphatic heterocycles. The Morgan fingerprint density at radius 1 is 1.18 bits per heavy atom. The van der Waals surface area contributed by atoms with Gasteiger partial charge in [-0.2, -0.15) is 15.3 Å². The van der Waals surface area contributed by atoms with Crippen molar-refractivity contribution < 1.29 is 42.5 Å². The van der Waals surface area contributed by atoms with Gasteiger partial charge < -0.3 is 29.6 Å². The van der Waals surface area contributed by atoms with Gasteiger partial charge in [-0.3, -0.25) is 18.7 Å². The average molecular weight is 636 g/mol. The van der Waals surface area contributed by atoms with Gasteiger partial charge in [0.15, 0.2) is 11.7 Å². The van der Waals surface area contributed by atoms with Crippen molar-refractivity contribution in [1.82, 2.24) is 14.6 Å². The van der Waals surface area contributed by atoms with Crippen LogP contribution in [0.15, 0.2) is 47.4 Å². The lowest BCUT2D eigenvalue weighted by atomic mass is 9.83. The van der Waals surface area contributed by atoms with Gasteiger partial charge >= 0.3 is 25.4 Å². The molecule has 1 unspecified atom stereocenters. The molecule has 1 aromatic heterocycles. The summed E-state index contributed by atoms with van der Waals surface area (Å²) < 4.78 is 43.3. The average Bonchev–Trinajstić information content (AvgIpc) is 3.10. The summed E-state index contributed by atoms with van der Waals surface area (Å²) in [4.78, 5) is 41.9. The van der Waals surface area contributed by atoms with Crippen LogP contribution in [0, 0.1) is 17.2 Å². The predicted molar refractivity (Wildman–Crippen MR) is 156 cm³/mol. The SMILES string of the molecule is CC(C)OC(=O)[C@H](C)N[P@](=O)(OCC1(C)O[C@@](C#N)(n2ccc(N)nc2=O)[C@](C)(O)[C@@H]1OC(=O)C(C)C)Oc1ccccc1. The van der Waals surface area contributed by atoms with Crippen LogP contribution in [-0.4, -0.2) is 62.7 Å². The van der Waals surface area contributed by atoms with Crippen molar-refractivity contribution in [2.45, 2.75) is 83.6 Å². The summed E-state index contributed by atoms with van der Waals surface area (Å²) in [5.41, 5.74) is -2.32. The summed E-state index contributed by atoms with van der Waals surface area (Å²) in [6, 6.07) is 9.80. The van der Waals surface area contributed by atoms with Crippen LogP contribution < -0.4 is 21.0 Å². The zero-order chi connectivity index (χ0) is 33.1. The number of anilines is 1. The number of hydrogen-bond acceptors (Lipinski definition) is 13. The maximum Gasteiger partial charge on any atom is 0.459 e. The number of rotatable bonds is 12. The molecule has 15 nitrogen and oxygen atoms in total. The van der Waals surface area contributed by atoms with Gasteiger partial charge in [-0.1, -0.05) is 32.0 Å². The van der Waals surface area contributed by atoms with Crippen LogP contribution >= 0.6 is 7.75 Å². The number of carbonyl (C=O) groups excluding carboxylic acids is 2. The molecule has 16 heteroatoms. The zero-order valence-corrected chi connectivity index (χ0v) is 26.4. The molecule has 2 heterocycles. The van der Waals surface area contributed by atoms with Gasteiger partial charge in [0.25, 0.3) is 5.72 Å². The Morgan fingerprint density at radius 3 is 2.36 bits per heavy atom. The van der Waals surface area contributed by atoms with Crippen LogP contribution in [-0.2, 0) is 38.6 Å². The third-order valence-electron chi connectivity index (χ3n) is 6.70. The van der Waals surface area contributed by atoms with E-state index in [0.717, 1.165) is 13.1 Å². The first-order valence-electron chi connectivity index (χ1n) is 13.8. The molecule has 1 aromatic carbocycles. The van der Waals surface area contributed by atoms with Crippen LogP contribution in [0.4, 0.5) is 5.82 Å². The number of para-hydroxylation sites is 1. The van der Waals surface area contributed by atoms with Crippen molar-refractivity contribution in [3.8, 4) is 11.8 Å². The third kappa shape index (κ3) is 7.11. The summed E-state index contributed by atoms with van der Waals surface area (Å²) in [5.74, 6) is -2.22. The number of nitrogens with zero attached hydrogens (tertiary/aromatic N) is 3. The minimum atomic E-state index is -4.48. The Hall–Kier alpha value is -3.80. The predicted octanol–water partition coefficient (Wildman–Crippen LogP) is 2.24. The smallest absolute Gasteiger partial charge is 0.459 e. The Balaban J connectivity index is 2.08. The first kappa shape index (κ1) is 34.7. The van der Waals surface area contributed by atoms with Crippen molar-refractivity contribution >= 4 is 25.5 Å². The number of aliphatic hydroxyl groups is 1. The maximum absolute atomic E-state index is 14.1. The van der Waals surface area contributed by atoms with Crippen molar-refractivity contribution in [1.29, 1.82) is 5.26 Å². The van der Waals surface area contributed by atoms with E-state index in [4.69, 9.17) is 29.0 Å². The van der Waals surface area contributed by atoms with Crippen LogP contribution in [0.1, 0.15) is 48.5 Å². The van der Waals surface area contributed by atoms with Gasteiger partial charge in [-0.05, 0) is 52.8 Å². The molecule has 1 saturated heterocycles. The summed E-state index contributed by atoms with van der Waals surface area (Å²) >= 11 is 0. The van der Waals surface area contributed by atoms with Crippen LogP contribution in [0.3, 0.4) is 0 Å². The number of nitrogen functional groups attached to an aromatic ring is 1. The van der Waals surface area contributed by atoms with Crippen LogP contribution in [0.25, 0.3) is 0 Å². The second-order valence-electron chi connectivity index (χ2n) is 11.3. The molecule has 44 heavy (non-hydrogen) atoms. The highest BCUT2D eigenvalue weighted by Gasteiger charge is 2.72. The minimum Gasteiger partial charge on any atom is -0.462 e. The van der Waals surface area contributed by atoms with E-state index in [1.54, 1.807) is 45.9 Å². The largest absolute Gasteiger partial charge is 0.462 e. The minimum absolute atomic E-state index is 0.117. The van der Waals surface area contributed by atoms with Gasteiger partial charge in [-0.15, -0.1) is 0 Å². The molecule has 0 saturated carbocycles. The number of ether oxygens (including phenoxy) is 3. The summed E-state index contributed by atoms with van der Waals surface area (Å²) in [6.45, 7) is 9.51. The fourth-order valence-electron chi connectivity index (χ4n) is 4.55. The second-order valence-corrected chi connectivity index (χ2v) is 13.0. The molecular weight excluding hydrogens is 597 g/mol. The Labute approximate surface area is 254 Å². The van der Waals surface area contributed by atoms with Crippen molar-refractivity contribution in [3.05, 3.63) is 53.1 Å². The van der Waals surface area contributed by atoms with E-state index in [9.17, 15) is 29.3 Å². The normalized spacial score (nSPS) is 26.9. The third-order valence-corrected chi connectivity index (χ3v) is 8.32. The lowest BCUT2D eigenvalue weighted by molar-refractivity contribution is -0.174. The topological polar surface area (TPSA) is 214 Å². The standard InChI is InChI=1S/C28H38N5O10P/c1-17(2)22(34)41-24-26(6,43-28(15-29,27(24,7)37)33-14-13-21(30)31-25(33)36)16-39-44(38,42-20-11-9-8-10-12-20)32-19(5)23(35)40-18(3)4/h8-14,17-19,24,37H,16H2,1-7H3,(H,32,38)(H2,30,31,36)/t19-,24+,26?,27+,28+,44-/m0/s1. The molecule has 2 aromatic rings. The van der Waals surface area contributed by atoms with E-state index in [0.29, 0.717) is 4.57 Å². The summed E-state index contributed by atoms with van der Waals surface area (Å²) in [5, 5.41) is 24.8. The summed E-state index contributed by atoms with van der Waals surface area (Å²) in [7, 11) is -4.48. The number of nitrogens with one attached hydrogen (secondary N) is 1. The van der Waals surface area contributed by atoms with Gasteiger partial charge in [0.1, 0.15) is 29.3 Å². The fourth-order valence-corrected chi connectivity index (χ4v) is 6.13. The zero-order valence-electron chi connectivity index (χ0n) is 25.5. The molecule has 4 N–H and O–H groups in total. The van der Waals surface area contributed by atoms with E-state index < -0.39 is 73.1 Å². The first-order valence-corrected chi connectivity index (χ1v) is 15.3. The molecule has 1 fully saturated rings. The first-order chi connectivity index (χ1) is 20.4. The molecular formula is C28H38N5O10P. The van der Waals surface area contributed by atoms with Crippen LogP contribution in [0.2, 0.25) is 0 Å². The van der Waals surface area contributed by atoms with E-state index in [2.05, 4.69) is 10.1 Å². The van der Waals surface area contributed by atoms with Gasteiger partial charge in [-0.25, -0.2) is 9.36 Å². The Kier molecular flexibility index (Phi) is 10.3. The fraction of sp³-hybridized carbons (Fsp3) is 0.536. The van der Waals surface area contributed by atoms with Crippen LogP contribution in [0.5, 0.6) is 5.75 Å². The molecule has 1 aliphatic rings. The maximum atomic E-state index is 14.1. The summed E-state index contributed by atoms with van der Waals surface area (Å²) in [6.07, 6.45) is -1.04. The molecule has 240 valence electrons. The van der Waals surface area contributed by atoms with Gasteiger partial charge in [0.2, 0.25) is 0 Å². The number of aromatic nitrogens is 2. The van der Waals surface area contributed by atoms with E-state index in [1.807, 2.05) is 6.07 Å². The Bertz CT molecular complexity index is 1510. The molecule has 6 atom stereocenters. The number of nitrogens with two attached hydrogens (primary N) is 1. The molecule has 0 radical (unpaired) electrons. The van der Waals surface area contributed by atoms with Gasteiger partial charge in [0, 0.05) is 6.20 Å². The highest BCUT2D eigenvalue weighted by Crippen LogP contribution is 2.52. The molecule has 0 aliphatic carbocycles. The van der Waals surface area contributed by atoms with E-state index in [1.165, 1.54) is 32.0 Å². The number of nitriles is 1. The van der Waals surface area contributed by atoms with Crippen molar-refractivity contribution in [2.24, 2.45) is 5.92 Å². The lowest BCUT2D eigenvalue weighted by Gasteiger charge is -2.36.